The molecule has 0 bridgehead atoms. The third kappa shape index (κ3) is 3.20. The van der Waals surface area contributed by atoms with Crippen LogP contribution in [0.25, 0.3) is 0 Å². The van der Waals surface area contributed by atoms with Crippen LogP contribution in [-0.2, 0) is 0 Å². The normalized spacial score (nSPS) is 14.9. The second kappa shape index (κ2) is 5.66. The zero-order valence-corrected chi connectivity index (χ0v) is 11.3. The number of halogens is 2. The van der Waals surface area contributed by atoms with Crippen molar-refractivity contribution in [1.29, 1.82) is 0 Å². The molecule has 0 aromatic carbocycles. The first kappa shape index (κ1) is 11.9. The Labute approximate surface area is 101 Å². The van der Waals surface area contributed by atoms with E-state index < -0.39 is 0 Å². The summed E-state index contributed by atoms with van der Waals surface area (Å²) in [5.74, 6) is 1.40. The van der Waals surface area contributed by atoms with Crippen LogP contribution < -0.4 is 5.32 Å². The van der Waals surface area contributed by atoms with Crippen LogP contribution in [0, 0.1) is 5.92 Å². The van der Waals surface area contributed by atoms with Gasteiger partial charge in [-0.1, -0.05) is 22.9 Å². The topological polar surface area (TPSA) is 37.8 Å². The fourth-order valence-electron chi connectivity index (χ4n) is 0.910. The Balaban J connectivity index is 2.64. The number of alkyl halides is 1. The van der Waals surface area contributed by atoms with Crippen LogP contribution in [-0.4, -0.2) is 21.3 Å². The van der Waals surface area contributed by atoms with Crippen molar-refractivity contribution < 1.29 is 0 Å². The predicted molar refractivity (Wildman–Crippen MR) is 65.8 cm³/mol. The summed E-state index contributed by atoms with van der Waals surface area (Å²) in [5, 5.41) is 4.31. The van der Waals surface area contributed by atoms with Crippen LogP contribution in [0.4, 0.5) is 5.82 Å². The maximum absolute atomic E-state index is 4.15. The lowest BCUT2D eigenvalue weighted by molar-refractivity contribution is 0.570. The van der Waals surface area contributed by atoms with Crippen LogP contribution in [0.5, 0.6) is 0 Å². The molecule has 5 heteroatoms. The van der Waals surface area contributed by atoms with E-state index in [9.17, 15) is 0 Å². The van der Waals surface area contributed by atoms with E-state index in [1.54, 1.807) is 12.5 Å². The molecule has 0 saturated carbocycles. The quantitative estimate of drug-likeness (QED) is 0.866. The van der Waals surface area contributed by atoms with Gasteiger partial charge in [-0.25, -0.2) is 9.97 Å². The lowest BCUT2D eigenvalue weighted by Crippen LogP contribution is -2.25. The highest BCUT2D eigenvalue weighted by atomic mass is 79.9. The summed E-state index contributed by atoms with van der Waals surface area (Å²) in [5.41, 5.74) is 0. The van der Waals surface area contributed by atoms with Gasteiger partial charge in [0.25, 0.3) is 0 Å². The second-order valence-electron chi connectivity index (χ2n) is 3.28. The van der Waals surface area contributed by atoms with E-state index in [1.165, 1.54) is 0 Å². The number of rotatable bonds is 4. The summed E-state index contributed by atoms with van der Waals surface area (Å²) in [7, 11) is 0. The van der Waals surface area contributed by atoms with Gasteiger partial charge >= 0.3 is 0 Å². The van der Waals surface area contributed by atoms with E-state index in [4.69, 9.17) is 0 Å². The van der Waals surface area contributed by atoms with Crippen LogP contribution in [0.2, 0.25) is 0 Å². The Morgan fingerprint density at radius 3 is 2.79 bits per heavy atom. The molecule has 1 rings (SSSR count). The van der Waals surface area contributed by atoms with Crippen molar-refractivity contribution in [3.8, 4) is 0 Å². The fourth-order valence-corrected chi connectivity index (χ4v) is 1.81. The molecule has 0 aliphatic carbocycles. The van der Waals surface area contributed by atoms with E-state index in [0.717, 1.165) is 15.6 Å². The Kier molecular flexibility index (Phi) is 4.81. The molecule has 1 N–H and O–H groups in total. The van der Waals surface area contributed by atoms with Crippen LogP contribution in [0.3, 0.4) is 0 Å². The highest BCUT2D eigenvalue weighted by Crippen LogP contribution is 2.20. The molecule has 0 aliphatic heterocycles. The van der Waals surface area contributed by atoms with Gasteiger partial charge in [-0.05, 0) is 28.8 Å². The lowest BCUT2D eigenvalue weighted by atomic mass is 10.1. The number of anilines is 1. The molecule has 78 valence electrons. The van der Waals surface area contributed by atoms with E-state index in [0.29, 0.717) is 12.0 Å². The van der Waals surface area contributed by atoms with Gasteiger partial charge in [-0.2, -0.15) is 0 Å². The Hall–Kier alpha value is -0.160. The van der Waals surface area contributed by atoms with Crippen LogP contribution in [0.15, 0.2) is 17.0 Å². The Morgan fingerprint density at radius 1 is 1.50 bits per heavy atom. The van der Waals surface area contributed by atoms with Crippen molar-refractivity contribution in [2.45, 2.75) is 19.9 Å². The molecule has 3 nitrogen and oxygen atoms in total. The first-order chi connectivity index (χ1) is 6.65. The third-order valence-electron chi connectivity index (χ3n) is 2.13. The van der Waals surface area contributed by atoms with Crippen molar-refractivity contribution >= 4 is 37.7 Å². The SMILES string of the molecule is CC(CBr)C(C)Nc1ncncc1Br. The minimum atomic E-state index is 0.376. The van der Waals surface area contributed by atoms with Gasteiger partial charge in [-0.3, -0.25) is 0 Å². The van der Waals surface area contributed by atoms with Gasteiger partial charge in [0.05, 0.1) is 4.47 Å². The average molecular weight is 323 g/mol. The maximum Gasteiger partial charge on any atom is 0.143 e. The van der Waals surface area contributed by atoms with Crippen molar-refractivity contribution in [2.75, 3.05) is 10.6 Å². The molecule has 1 aromatic heterocycles. The molecule has 0 spiro atoms. The lowest BCUT2D eigenvalue weighted by Gasteiger charge is -2.20. The minimum Gasteiger partial charge on any atom is -0.366 e. The Bertz CT molecular complexity index is 293. The minimum absolute atomic E-state index is 0.376. The van der Waals surface area contributed by atoms with Crippen molar-refractivity contribution in [1.82, 2.24) is 9.97 Å². The van der Waals surface area contributed by atoms with Gasteiger partial charge < -0.3 is 5.32 Å². The molecule has 0 fully saturated rings. The van der Waals surface area contributed by atoms with Gasteiger partial charge in [0.2, 0.25) is 0 Å². The summed E-state index contributed by atoms with van der Waals surface area (Å²) < 4.78 is 0.897. The number of aromatic nitrogens is 2. The zero-order chi connectivity index (χ0) is 10.6. The second-order valence-corrected chi connectivity index (χ2v) is 4.79. The highest BCUT2D eigenvalue weighted by molar-refractivity contribution is 9.10. The fraction of sp³-hybridized carbons (Fsp3) is 0.556. The average Bonchev–Trinajstić information content (AvgIpc) is 2.20. The summed E-state index contributed by atoms with van der Waals surface area (Å²) in [6.07, 6.45) is 3.28. The van der Waals surface area contributed by atoms with Crippen LogP contribution in [0.1, 0.15) is 13.8 Å². The molecular formula is C9H13Br2N3. The van der Waals surface area contributed by atoms with Gasteiger partial charge in [0.15, 0.2) is 0 Å². The molecule has 0 radical (unpaired) electrons. The van der Waals surface area contributed by atoms with Crippen molar-refractivity contribution in [3.63, 3.8) is 0 Å². The highest BCUT2D eigenvalue weighted by Gasteiger charge is 2.12. The maximum atomic E-state index is 4.15. The number of nitrogens with one attached hydrogen (secondary N) is 1. The summed E-state index contributed by atoms with van der Waals surface area (Å²) >= 11 is 6.86. The molecular weight excluding hydrogens is 310 g/mol. The Morgan fingerprint density at radius 2 is 2.21 bits per heavy atom. The monoisotopic (exact) mass is 321 g/mol. The van der Waals surface area contributed by atoms with E-state index in [-0.39, 0.29) is 0 Å². The first-order valence-electron chi connectivity index (χ1n) is 4.43. The molecule has 1 heterocycles. The summed E-state index contributed by atoms with van der Waals surface area (Å²) in [6.45, 7) is 4.32. The van der Waals surface area contributed by atoms with Gasteiger partial charge in [-0.15, -0.1) is 0 Å². The largest absolute Gasteiger partial charge is 0.366 e. The zero-order valence-electron chi connectivity index (χ0n) is 8.17. The van der Waals surface area contributed by atoms with E-state index >= 15 is 0 Å². The van der Waals surface area contributed by atoms with Crippen LogP contribution >= 0.6 is 31.9 Å². The third-order valence-corrected chi connectivity index (χ3v) is 3.73. The number of hydrogen-bond acceptors (Lipinski definition) is 3. The van der Waals surface area contributed by atoms with Crippen molar-refractivity contribution in [3.05, 3.63) is 17.0 Å². The smallest absolute Gasteiger partial charge is 0.143 e. The summed E-state index contributed by atoms with van der Waals surface area (Å²) in [6, 6.07) is 0.376. The molecule has 14 heavy (non-hydrogen) atoms. The predicted octanol–water partition coefficient (Wildman–Crippen LogP) is 3.07. The standard InChI is InChI=1S/C9H13Br2N3/c1-6(3-10)7(2)14-9-8(11)4-12-5-13-9/h4-7H,3H2,1-2H3,(H,12,13,14). The van der Waals surface area contributed by atoms with Gasteiger partial charge in [0.1, 0.15) is 12.1 Å². The number of hydrogen-bond donors (Lipinski definition) is 1. The van der Waals surface area contributed by atoms with Crippen molar-refractivity contribution in [2.24, 2.45) is 5.92 Å². The molecule has 2 unspecified atom stereocenters. The molecule has 1 aromatic rings. The number of nitrogens with zero attached hydrogens (tertiary/aromatic N) is 2. The molecule has 2 atom stereocenters. The summed E-state index contributed by atoms with van der Waals surface area (Å²) in [4.78, 5) is 8.06. The van der Waals surface area contributed by atoms with Gasteiger partial charge in [0, 0.05) is 17.6 Å². The van der Waals surface area contributed by atoms with E-state index in [1.807, 2.05) is 0 Å². The molecule has 0 aliphatic rings. The molecule has 0 saturated heterocycles. The van der Waals surface area contributed by atoms with E-state index in [2.05, 4.69) is 61.0 Å². The molecule has 0 amide bonds. The first-order valence-corrected chi connectivity index (χ1v) is 6.34.